The zero-order chi connectivity index (χ0) is 11.4. The molecule has 0 fully saturated rings. The number of benzene rings is 1. The molecular weight excluding hydrogens is 193 g/mol. The summed E-state index contributed by atoms with van der Waals surface area (Å²) in [4.78, 5) is 2.17. The second-order valence-electron chi connectivity index (χ2n) is 3.88. The Labute approximate surface area is 90.3 Å². The van der Waals surface area contributed by atoms with Crippen molar-refractivity contribution < 1.29 is 9.50 Å². The summed E-state index contributed by atoms with van der Waals surface area (Å²) in [5.41, 5.74) is 1.91. The minimum absolute atomic E-state index is 0.264. The maximum atomic E-state index is 13.1. The van der Waals surface area contributed by atoms with Gasteiger partial charge in [-0.15, -0.1) is 0 Å². The van der Waals surface area contributed by atoms with Crippen molar-refractivity contribution in [2.24, 2.45) is 0 Å². The lowest BCUT2D eigenvalue weighted by atomic mass is 10.0. The first-order valence-electron chi connectivity index (χ1n) is 5.21. The predicted octanol–water partition coefficient (Wildman–Crippen LogP) is 2.33. The van der Waals surface area contributed by atoms with E-state index in [4.69, 9.17) is 5.11 Å². The molecule has 0 saturated carbocycles. The van der Waals surface area contributed by atoms with Crippen LogP contribution in [0.25, 0.3) is 0 Å². The number of hydrogen-bond donors (Lipinski definition) is 1. The topological polar surface area (TPSA) is 23.5 Å². The third kappa shape index (κ3) is 3.20. The highest BCUT2D eigenvalue weighted by Gasteiger charge is 2.06. The minimum atomic E-state index is -0.533. The quantitative estimate of drug-likeness (QED) is 0.826. The normalized spacial score (nSPS) is 11.0. The first kappa shape index (κ1) is 12.0. The van der Waals surface area contributed by atoms with Crippen molar-refractivity contribution in [1.29, 1.82) is 0 Å². The molecule has 0 unspecified atom stereocenters. The average Bonchev–Trinajstić information content (AvgIpc) is 2.21. The Hall–Kier alpha value is -1.09. The number of halogens is 1. The molecule has 0 atom stereocenters. The Balaban J connectivity index is 2.73. The largest absolute Gasteiger partial charge is 0.505 e. The molecule has 1 N–H and O–H groups in total. The monoisotopic (exact) mass is 211 g/mol. The van der Waals surface area contributed by atoms with Crippen LogP contribution in [0.5, 0.6) is 5.75 Å². The highest BCUT2D eigenvalue weighted by molar-refractivity contribution is 5.35. The summed E-state index contributed by atoms with van der Waals surface area (Å²) in [6.07, 6.45) is 0.813. The van der Waals surface area contributed by atoms with Crippen molar-refractivity contribution in [2.45, 2.75) is 20.3 Å². The fourth-order valence-corrected chi connectivity index (χ4v) is 1.45. The summed E-state index contributed by atoms with van der Waals surface area (Å²) < 4.78 is 13.1. The average molecular weight is 211 g/mol. The number of phenolic OH excluding ortho intramolecular Hbond substituents is 1. The molecule has 0 aliphatic carbocycles. The van der Waals surface area contributed by atoms with Crippen LogP contribution in [-0.4, -0.2) is 30.1 Å². The van der Waals surface area contributed by atoms with E-state index in [1.165, 1.54) is 12.1 Å². The Morgan fingerprint density at radius 3 is 2.67 bits per heavy atom. The van der Waals surface area contributed by atoms with E-state index < -0.39 is 5.82 Å². The number of rotatable bonds is 4. The van der Waals surface area contributed by atoms with Gasteiger partial charge in [-0.3, -0.25) is 0 Å². The van der Waals surface area contributed by atoms with E-state index >= 15 is 0 Å². The maximum Gasteiger partial charge on any atom is 0.165 e. The minimum Gasteiger partial charge on any atom is -0.505 e. The van der Waals surface area contributed by atoms with Crippen LogP contribution in [0.3, 0.4) is 0 Å². The molecule has 0 saturated heterocycles. The smallest absolute Gasteiger partial charge is 0.165 e. The summed E-state index contributed by atoms with van der Waals surface area (Å²) in [6, 6.07) is 2.91. The predicted molar refractivity (Wildman–Crippen MR) is 59.7 cm³/mol. The molecule has 0 bridgehead atoms. The fourth-order valence-electron chi connectivity index (χ4n) is 1.45. The molecule has 1 aromatic carbocycles. The van der Waals surface area contributed by atoms with Gasteiger partial charge in [0.2, 0.25) is 0 Å². The second-order valence-corrected chi connectivity index (χ2v) is 3.88. The van der Waals surface area contributed by atoms with Gasteiger partial charge in [0.15, 0.2) is 11.6 Å². The lowest BCUT2D eigenvalue weighted by molar-refractivity contribution is 0.357. The van der Waals surface area contributed by atoms with Crippen molar-refractivity contribution >= 4 is 0 Å². The number of phenols is 1. The first-order chi connectivity index (χ1) is 7.04. The van der Waals surface area contributed by atoms with Crippen LogP contribution in [0, 0.1) is 12.7 Å². The zero-order valence-electron chi connectivity index (χ0n) is 9.55. The number of nitrogens with zero attached hydrogens (tertiary/aromatic N) is 1. The molecule has 1 rings (SSSR count). The molecule has 0 aliphatic heterocycles. The first-order valence-corrected chi connectivity index (χ1v) is 5.21. The van der Waals surface area contributed by atoms with Crippen molar-refractivity contribution in [3.05, 3.63) is 29.1 Å². The Morgan fingerprint density at radius 1 is 1.40 bits per heavy atom. The highest BCUT2D eigenvalue weighted by atomic mass is 19.1. The third-order valence-corrected chi connectivity index (χ3v) is 2.71. The molecule has 3 heteroatoms. The van der Waals surface area contributed by atoms with Gasteiger partial charge in [-0.2, -0.15) is 0 Å². The number of aromatic hydroxyl groups is 1. The van der Waals surface area contributed by atoms with Crippen molar-refractivity contribution in [3.8, 4) is 5.75 Å². The molecular formula is C12H18FNO. The van der Waals surface area contributed by atoms with Gasteiger partial charge in [0.05, 0.1) is 0 Å². The maximum absolute atomic E-state index is 13.1. The Bertz CT molecular complexity index is 339. The van der Waals surface area contributed by atoms with Crippen LogP contribution in [0.4, 0.5) is 4.39 Å². The number of likely N-dealkylation sites (N-methyl/N-ethyl adjacent to an activating group) is 1. The van der Waals surface area contributed by atoms with E-state index in [2.05, 4.69) is 11.8 Å². The molecule has 0 aromatic heterocycles. The lowest BCUT2D eigenvalue weighted by Gasteiger charge is -2.14. The molecule has 0 spiro atoms. The van der Waals surface area contributed by atoms with Crippen molar-refractivity contribution in [1.82, 2.24) is 4.90 Å². The zero-order valence-corrected chi connectivity index (χ0v) is 9.55. The second kappa shape index (κ2) is 5.12. The summed E-state index contributed by atoms with van der Waals surface area (Å²) in [7, 11) is 2.03. The van der Waals surface area contributed by atoms with E-state index in [0.717, 1.165) is 30.6 Å². The molecule has 2 nitrogen and oxygen atoms in total. The van der Waals surface area contributed by atoms with E-state index in [-0.39, 0.29) is 5.75 Å². The Kier molecular flexibility index (Phi) is 4.09. The van der Waals surface area contributed by atoms with Gasteiger partial charge in [0, 0.05) is 6.54 Å². The van der Waals surface area contributed by atoms with E-state index in [9.17, 15) is 4.39 Å². The number of aryl methyl sites for hydroxylation is 1. The summed E-state index contributed by atoms with van der Waals surface area (Å²) >= 11 is 0. The fraction of sp³-hybridized carbons (Fsp3) is 0.500. The van der Waals surface area contributed by atoms with Crippen molar-refractivity contribution in [2.75, 3.05) is 20.1 Å². The van der Waals surface area contributed by atoms with Gasteiger partial charge in [0.25, 0.3) is 0 Å². The standard InChI is InChI=1S/C12H18FNO/c1-4-14(3)6-5-10-8-11(13)12(15)7-9(10)2/h7-8,15H,4-6H2,1-3H3. The molecule has 15 heavy (non-hydrogen) atoms. The molecule has 0 amide bonds. The van der Waals surface area contributed by atoms with Crippen LogP contribution in [0.15, 0.2) is 12.1 Å². The summed E-state index contributed by atoms with van der Waals surface area (Å²) in [5, 5.41) is 9.16. The van der Waals surface area contributed by atoms with Gasteiger partial charge in [0.1, 0.15) is 0 Å². The van der Waals surface area contributed by atoms with Crippen LogP contribution >= 0.6 is 0 Å². The van der Waals surface area contributed by atoms with Gasteiger partial charge >= 0.3 is 0 Å². The summed E-state index contributed by atoms with van der Waals surface area (Å²) in [5.74, 6) is -0.796. The molecule has 1 aromatic rings. The number of hydrogen-bond acceptors (Lipinski definition) is 2. The van der Waals surface area contributed by atoms with E-state index in [0.29, 0.717) is 0 Å². The molecule has 0 radical (unpaired) electrons. The lowest BCUT2D eigenvalue weighted by Crippen LogP contribution is -2.20. The van der Waals surface area contributed by atoms with Crippen LogP contribution in [0.2, 0.25) is 0 Å². The third-order valence-electron chi connectivity index (χ3n) is 2.71. The van der Waals surface area contributed by atoms with Gasteiger partial charge < -0.3 is 10.0 Å². The van der Waals surface area contributed by atoms with Crippen LogP contribution < -0.4 is 0 Å². The SMILES string of the molecule is CCN(C)CCc1cc(F)c(O)cc1C. The van der Waals surface area contributed by atoms with Crippen LogP contribution in [-0.2, 0) is 6.42 Å². The highest BCUT2D eigenvalue weighted by Crippen LogP contribution is 2.20. The van der Waals surface area contributed by atoms with Crippen molar-refractivity contribution in [3.63, 3.8) is 0 Å². The van der Waals surface area contributed by atoms with E-state index in [1.807, 2.05) is 14.0 Å². The van der Waals surface area contributed by atoms with E-state index in [1.54, 1.807) is 0 Å². The molecule has 84 valence electrons. The molecule has 0 heterocycles. The Morgan fingerprint density at radius 2 is 2.07 bits per heavy atom. The van der Waals surface area contributed by atoms with Gasteiger partial charge in [-0.1, -0.05) is 6.92 Å². The molecule has 0 aliphatic rings. The van der Waals surface area contributed by atoms with Gasteiger partial charge in [-0.25, -0.2) is 4.39 Å². The van der Waals surface area contributed by atoms with Crippen LogP contribution in [0.1, 0.15) is 18.1 Å². The summed E-state index contributed by atoms with van der Waals surface area (Å²) in [6.45, 7) is 5.87. The van der Waals surface area contributed by atoms with Gasteiger partial charge in [-0.05, 0) is 50.2 Å².